The third-order valence-corrected chi connectivity index (χ3v) is 9.06. The second-order valence-electron chi connectivity index (χ2n) is 11.3. The Balaban J connectivity index is 1.29. The van der Waals surface area contributed by atoms with E-state index in [2.05, 4.69) is 34.0 Å². The van der Waals surface area contributed by atoms with Crippen LogP contribution >= 0.6 is 0 Å². The van der Waals surface area contributed by atoms with E-state index in [9.17, 15) is 20.3 Å². The normalized spacial score (nSPS) is 33.6. The lowest BCUT2D eigenvalue weighted by atomic mass is 9.48. The minimum Gasteiger partial charge on any atom is -0.506 e. The number of hydrogen-bond donors (Lipinski definition) is 3. The molecule has 34 heavy (non-hydrogen) atoms. The number of phenols is 1. The molecule has 8 nitrogen and oxygen atoms in total. The molecule has 0 amide bonds. The van der Waals surface area contributed by atoms with Crippen LogP contribution in [0.25, 0.3) is 0 Å². The Morgan fingerprint density at radius 1 is 1.15 bits per heavy atom. The summed E-state index contributed by atoms with van der Waals surface area (Å²) >= 11 is 0. The fraction of sp³-hybridized carbons (Fsp3) is 0.654. The summed E-state index contributed by atoms with van der Waals surface area (Å²) < 4.78 is 0. The van der Waals surface area contributed by atoms with Gasteiger partial charge in [0.1, 0.15) is 11.6 Å². The van der Waals surface area contributed by atoms with E-state index in [1.165, 1.54) is 0 Å². The monoisotopic (exact) mass is 465 g/mol. The van der Waals surface area contributed by atoms with Crippen molar-refractivity contribution in [1.29, 1.82) is 5.26 Å². The fourth-order valence-electron chi connectivity index (χ4n) is 7.46. The van der Waals surface area contributed by atoms with Crippen LogP contribution in [-0.4, -0.2) is 64.7 Å². The van der Waals surface area contributed by atoms with Crippen molar-refractivity contribution >= 4 is 17.5 Å². The van der Waals surface area contributed by atoms with Gasteiger partial charge >= 0.3 is 5.97 Å². The summed E-state index contributed by atoms with van der Waals surface area (Å²) in [6.45, 7) is 7.35. The Kier molecular flexibility index (Phi) is 5.71. The van der Waals surface area contributed by atoms with Gasteiger partial charge in [0, 0.05) is 32.2 Å². The Bertz CT molecular complexity index is 1010. The lowest BCUT2D eigenvalue weighted by Crippen LogP contribution is -2.66. The Morgan fingerprint density at radius 2 is 1.79 bits per heavy atom. The largest absolute Gasteiger partial charge is 0.506 e. The van der Waals surface area contributed by atoms with Gasteiger partial charge < -0.3 is 20.4 Å². The highest BCUT2D eigenvalue weighted by Crippen LogP contribution is 2.60. The lowest BCUT2D eigenvalue weighted by molar-refractivity contribution is -0.166. The van der Waals surface area contributed by atoms with Crippen LogP contribution in [0.5, 0.6) is 5.75 Å². The first-order valence-electron chi connectivity index (χ1n) is 12.5. The third kappa shape index (κ3) is 3.80. The first-order valence-corrected chi connectivity index (χ1v) is 12.5. The number of benzene rings is 1. The summed E-state index contributed by atoms with van der Waals surface area (Å²) in [4.78, 5) is 20.9. The van der Waals surface area contributed by atoms with E-state index >= 15 is 0 Å². The summed E-state index contributed by atoms with van der Waals surface area (Å²) in [5, 5.41) is 33.4. The van der Waals surface area contributed by atoms with E-state index in [1.807, 2.05) is 24.4 Å². The molecule has 1 saturated heterocycles. The Hall–Kier alpha value is -2.79. The Labute approximate surface area is 201 Å². The molecule has 4 aliphatic carbocycles. The quantitative estimate of drug-likeness (QED) is 0.348. The number of nitrogens with zero attached hydrogens (tertiary/aromatic N) is 4. The molecule has 5 fully saturated rings. The van der Waals surface area contributed by atoms with Gasteiger partial charge in [0.15, 0.2) is 0 Å². The molecule has 1 aromatic rings. The number of carboxylic acid groups (broad SMARTS) is 1. The molecule has 0 aromatic heterocycles. The van der Waals surface area contributed by atoms with E-state index in [4.69, 9.17) is 0 Å². The summed E-state index contributed by atoms with van der Waals surface area (Å²) in [5.41, 5.74) is -0.152. The van der Waals surface area contributed by atoms with Gasteiger partial charge in [-0.1, -0.05) is 12.1 Å². The molecule has 2 unspecified atom stereocenters. The van der Waals surface area contributed by atoms with Crippen molar-refractivity contribution in [3.05, 3.63) is 24.3 Å². The molecule has 8 heteroatoms. The number of para-hydroxylation sites is 2. The predicted molar refractivity (Wildman–Crippen MR) is 130 cm³/mol. The van der Waals surface area contributed by atoms with Crippen molar-refractivity contribution in [2.75, 3.05) is 31.1 Å². The number of aromatic hydroxyl groups is 1. The van der Waals surface area contributed by atoms with Crippen molar-refractivity contribution in [2.24, 2.45) is 28.2 Å². The predicted octanol–water partition coefficient (Wildman–Crippen LogP) is 3.04. The zero-order chi connectivity index (χ0) is 24.1. The highest BCUT2D eigenvalue weighted by Gasteiger charge is 2.59. The third-order valence-electron chi connectivity index (χ3n) is 9.06. The standard InChI is InChI=1S/C26H35N5O3/c1-25(2,31-9-7-30(8-10-31)20-5-3-4-6-21(20)32)23(28-16-27)29-22-18-11-17-12-19(22)15-26(13-17,14-18)24(33)34/h3-6,17-19,22,32H,7-15H2,1-2H3,(H,28,29)(H,33,34). The molecule has 0 radical (unpaired) electrons. The molecule has 5 aliphatic rings. The van der Waals surface area contributed by atoms with Gasteiger partial charge in [-0.3, -0.25) is 9.69 Å². The molecular weight excluding hydrogens is 430 g/mol. The van der Waals surface area contributed by atoms with Crippen LogP contribution in [0.2, 0.25) is 0 Å². The van der Waals surface area contributed by atoms with Crippen LogP contribution in [0.3, 0.4) is 0 Å². The number of rotatable bonds is 5. The van der Waals surface area contributed by atoms with Crippen molar-refractivity contribution in [1.82, 2.24) is 10.2 Å². The first kappa shape index (κ1) is 23.0. The van der Waals surface area contributed by atoms with E-state index in [-0.39, 0.29) is 6.04 Å². The van der Waals surface area contributed by atoms with Crippen LogP contribution in [0.15, 0.2) is 29.3 Å². The van der Waals surface area contributed by atoms with Crippen LogP contribution < -0.4 is 10.2 Å². The fourth-order valence-corrected chi connectivity index (χ4v) is 7.46. The summed E-state index contributed by atoms with van der Waals surface area (Å²) in [5.74, 6) is 1.51. The summed E-state index contributed by atoms with van der Waals surface area (Å²) in [6, 6.07) is 7.60. The van der Waals surface area contributed by atoms with E-state index in [0.29, 0.717) is 29.3 Å². The van der Waals surface area contributed by atoms with Crippen molar-refractivity contribution in [3.63, 3.8) is 0 Å². The number of hydrogen-bond acceptors (Lipinski definition) is 6. The van der Waals surface area contributed by atoms with E-state index in [0.717, 1.165) is 64.0 Å². The van der Waals surface area contributed by atoms with Crippen LogP contribution in [0.1, 0.15) is 46.0 Å². The second-order valence-corrected chi connectivity index (χ2v) is 11.3. The first-order chi connectivity index (χ1) is 16.2. The number of carboxylic acids is 1. The van der Waals surface area contributed by atoms with Crippen molar-refractivity contribution < 1.29 is 15.0 Å². The number of aliphatic imine (C=N–C) groups is 1. The van der Waals surface area contributed by atoms with Crippen molar-refractivity contribution in [2.45, 2.75) is 57.5 Å². The average molecular weight is 466 g/mol. The second kappa shape index (κ2) is 8.46. The van der Waals surface area contributed by atoms with Gasteiger partial charge in [0.25, 0.3) is 0 Å². The topological polar surface area (TPSA) is 112 Å². The number of piperazine rings is 1. The molecule has 6 rings (SSSR count). The maximum Gasteiger partial charge on any atom is 0.309 e. The van der Waals surface area contributed by atoms with Gasteiger partial charge in [0.05, 0.1) is 16.6 Å². The van der Waals surface area contributed by atoms with Gasteiger partial charge in [-0.25, -0.2) is 0 Å². The molecule has 1 aliphatic heterocycles. The van der Waals surface area contributed by atoms with Gasteiger partial charge in [0.2, 0.25) is 6.19 Å². The maximum absolute atomic E-state index is 12.1. The number of anilines is 1. The summed E-state index contributed by atoms with van der Waals surface area (Å²) in [6.07, 6.45) is 6.44. The smallest absolute Gasteiger partial charge is 0.309 e. The molecular formula is C26H35N5O3. The maximum atomic E-state index is 12.1. The zero-order valence-electron chi connectivity index (χ0n) is 20.1. The number of nitriles is 1. The SMILES string of the molecule is CC(C)(/C(=N\C#N)NC1C2CC3CC1CC(C(=O)O)(C3)C2)N1CCN(c2ccccc2O)CC1. The van der Waals surface area contributed by atoms with E-state index in [1.54, 1.807) is 6.07 Å². The number of phenolic OH excluding ortho intramolecular Hbond substituents is 1. The molecule has 182 valence electrons. The molecule has 1 heterocycles. The van der Waals surface area contributed by atoms with Gasteiger partial charge in [-0.05, 0) is 75.8 Å². The molecule has 4 bridgehead atoms. The van der Waals surface area contributed by atoms with E-state index < -0.39 is 16.9 Å². The minimum absolute atomic E-state index is 0.179. The molecule has 0 spiro atoms. The minimum atomic E-state index is -0.626. The lowest BCUT2D eigenvalue weighted by Gasteiger charge is -2.59. The Morgan fingerprint density at radius 3 is 2.38 bits per heavy atom. The van der Waals surface area contributed by atoms with Crippen molar-refractivity contribution in [3.8, 4) is 11.9 Å². The molecule has 4 saturated carbocycles. The van der Waals surface area contributed by atoms with Crippen LogP contribution in [0, 0.1) is 34.6 Å². The van der Waals surface area contributed by atoms with Crippen LogP contribution in [-0.2, 0) is 4.79 Å². The summed E-state index contributed by atoms with van der Waals surface area (Å²) in [7, 11) is 0. The van der Waals surface area contributed by atoms with Gasteiger partial charge in [-0.15, -0.1) is 0 Å². The molecule has 3 N–H and O–H groups in total. The highest BCUT2D eigenvalue weighted by atomic mass is 16.4. The number of carbonyl (C=O) groups is 1. The molecule has 2 atom stereocenters. The van der Waals surface area contributed by atoms with Gasteiger partial charge in [-0.2, -0.15) is 10.3 Å². The number of amidine groups is 1. The number of nitrogens with one attached hydrogen (secondary N) is 1. The average Bonchev–Trinajstić information content (AvgIpc) is 2.80. The number of aliphatic carboxylic acids is 1. The highest BCUT2D eigenvalue weighted by molar-refractivity contribution is 5.92. The zero-order valence-corrected chi connectivity index (χ0v) is 20.1. The van der Waals surface area contributed by atoms with Crippen LogP contribution in [0.4, 0.5) is 5.69 Å². The molecule has 1 aromatic carbocycles.